The molecule has 40 heavy (non-hydrogen) atoms. The van der Waals surface area contributed by atoms with E-state index in [1.807, 2.05) is 38.1 Å². The second-order valence-corrected chi connectivity index (χ2v) is 11.7. The van der Waals surface area contributed by atoms with Gasteiger partial charge in [-0.25, -0.2) is 8.42 Å². The average molecular weight is 586 g/mol. The molecule has 1 N–H and O–H groups in total. The molecule has 2 amide bonds. The molecule has 0 fully saturated rings. The lowest BCUT2D eigenvalue weighted by Crippen LogP contribution is -2.51. The van der Waals surface area contributed by atoms with Gasteiger partial charge in [-0.2, -0.15) is 0 Å². The maximum absolute atomic E-state index is 14.0. The lowest BCUT2D eigenvalue weighted by molar-refractivity contribution is -0.139. The predicted molar refractivity (Wildman–Crippen MR) is 158 cm³/mol. The molecule has 8 nitrogen and oxygen atoms in total. The Morgan fingerprint density at radius 2 is 1.73 bits per heavy atom. The van der Waals surface area contributed by atoms with Crippen molar-refractivity contribution in [3.05, 3.63) is 88.9 Å². The van der Waals surface area contributed by atoms with E-state index >= 15 is 0 Å². The van der Waals surface area contributed by atoms with Crippen molar-refractivity contribution in [2.75, 3.05) is 24.5 Å². The molecule has 0 aromatic heterocycles. The number of nitrogens with one attached hydrogen (secondary N) is 1. The number of benzene rings is 3. The first-order valence-electron chi connectivity index (χ1n) is 13.1. The summed E-state index contributed by atoms with van der Waals surface area (Å²) in [7, 11) is -2.71. The van der Waals surface area contributed by atoms with Crippen LogP contribution in [0.1, 0.15) is 37.8 Å². The summed E-state index contributed by atoms with van der Waals surface area (Å²) >= 11 is 6.21. The van der Waals surface area contributed by atoms with Crippen molar-refractivity contribution < 1.29 is 22.7 Å². The van der Waals surface area contributed by atoms with Crippen molar-refractivity contribution in [2.45, 2.75) is 51.1 Å². The number of halogens is 1. The third kappa shape index (κ3) is 7.76. The van der Waals surface area contributed by atoms with Gasteiger partial charge >= 0.3 is 0 Å². The molecule has 0 radical (unpaired) electrons. The number of nitrogens with zero attached hydrogens (tertiary/aromatic N) is 2. The second kappa shape index (κ2) is 14.2. The molecular formula is C30H36ClN3O5S. The van der Waals surface area contributed by atoms with Gasteiger partial charge in [0.05, 0.1) is 17.7 Å². The minimum atomic E-state index is -4.20. The summed E-state index contributed by atoms with van der Waals surface area (Å²) in [6.07, 6.45) is 1.73. The van der Waals surface area contributed by atoms with Crippen molar-refractivity contribution in [3.63, 3.8) is 0 Å². The Balaban J connectivity index is 2.01. The Bertz CT molecular complexity index is 1410. The molecule has 10 heteroatoms. The molecule has 0 aliphatic carbocycles. The van der Waals surface area contributed by atoms with E-state index in [0.29, 0.717) is 17.3 Å². The molecule has 0 aliphatic heterocycles. The van der Waals surface area contributed by atoms with Crippen LogP contribution in [0.25, 0.3) is 0 Å². The van der Waals surface area contributed by atoms with E-state index in [2.05, 4.69) is 5.32 Å². The lowest BCUT2D eigenvalue weighted by Gasteiger charge is -2.32. The molecule has 0 saturated heterocycles. The van der Waals surface area contributed by atoms with Crippen molar-refractivity contribution in [1.82, 2.24) is 10.2 Å². The SMILES string of the molecule is CCCCNC(=O)C(C)N(Cc1ccccc1C)C(=O)CN(c1cccc(Cl)c1)S(=O)(=O)c1ccc(OC)cc1. The van der Waals surface area contributed by atoms with Gasteiger partial charge in [0.2, 0.25) is 11.8 Å². The summed E-state index contributed by atoms with van der Waals surface area (Å²) in [5, 5.41) is 3.20. The highest BCUT2D eigenvalue weighted by Crippen LogP contribution is 2.28. The van der Waals surface area contributed by atoms with Gasteiger partial charge in [0.15, 0.2) is 0 Å². The van der Waals surface area contributed by atoms with Gasteiger partial charge in [-0.3, -0.25) is 13.9 Å². The third-order valence-corrected chi connectivity index (χ3v) is 8.64. The van der Waals surface area contributed by atoms with Crippen molar-refractivity contribution in [1.29, 1.82) is 0 Å². The summed E-state index contributed by atoms with van der Waals surface area (Å²) in [6, 6.07) is 19.0. The van der Waals surface area contributed by atoms with E-state index in [0.717, 1.165) is 28.3 Å². The highest BCUT2D eigenvalue weighted by Gasteiger charge is 2.32. The predicted octanol–water partition coefficient (Wildman–Crippen LogP) is 5.19. The number of aryl methyl sites for hydroxylation is 1. The number of hydrogen-bond donors (Lipinski definition) is 1. The molecule has 214 valence electrons. The minimum Gasteiger partial charge on any atom is -0.497 e. The maximum atomic E-state index is 14.0. The Hall–Kier alpha value is -3.56. The second-order valence-electron chi connectivity index (χ2n) is 9.44. The number of methoxy groups -OCH3 is 1. The fourth-order valence-corrected chi connectivity index (χ4v) is 5.72. The number of sulfonamides is 1. The standard InChI is InChI=1S/C30H36ClN3O5S/c1-5-6-18-32-30(36)23(3)33(20-24-11-8-7-10-22(24)2)29(35)21-34(26-13-9-12-25(31)19-26)40(37,38)28-16-14-27(39-4)15-17-28/h7-17,19,23H,5-6,18,20-21H2,1-4H3,(H,32,36). The van der Waals surface area contributed by atoms with E-state index < -0.39 is 28.5 Å². The number of carbonyl (C=O) groups excluding carboxylic acids is 2. The highest BCUT2D eigenvalue weighted by molar-refractivity contribution is 7.92. The van der Waals surface area contributed by atoms with Crippen LogP contribution in [0.3, 0.4) is 0 Å². The number of hydrogen-bond acceptors (Lipinski definition) is 5. The zero-order chi connectivity index (χ0) is 29.3. The summed E-state index contributed by atoms with van der Waals surface area (Å²) in [5.41, 5.74) is 2.04. The largest absolute Gasteiger partial charge is 0.497 e. The Labute approximate surface area is 241 Å². The summed E-state index contributed by atoms with van der Waals surface area (Å²) in [6.45, 7) is 5.70. The molecular weight excluding hydrogens is 550 g/mol. The fourth-order valence-electron chi connectivity index (χ4n) is 4.12. The number of anilines is 1. The smallest absolute Gasteiger partial charge is 0.264 e. The van der Waals surface area contributed by atoms with Crippen LogP contribution in [0.15, 0.2) is 77.7 Å². The summed E-state index contributed by atoms with van der Waals surface area (Å²) in [5.74, 6) is -0.335. The molecule has 0 saturated carbocycles. The molecule has 3 aromatic rings. The van der Waals surface area contributed by atoms with Gasteiger partial charge in [-0.15, -0.1) is 0 Å². The van der Waals surface area contributed by atoms with Crippen molar-refractivity contribution in [2.24, 2.45) is 0 Å². The first-order chi connectivity index (χ1) is 19.1. The van der Waals surface area contributed by atoms with E-state index in [1.54, 1.807) is 25.1 Å². The number of ether oxygens (including phenoxy) is 1. The van der Waals surface area contributed by atoms with Gasteiger partial charge in [0.25, 0.3) is 10.0 Å². The number of unbranched alkanes of at least 4 members (excludes halogenated alkanes) is 1. The number of rotatable bonds is 13. The number of amides is 2. The zero-order valence-electron chi connectivity index (χ0n) is 23.3. The van der Waals surface area contributed by atoms with Crippen LogP contribution in [-0.2, 0) is 26.2 Å². The minimum absolute atomic E-state index is 0.0168. The summed E-state index contributed by atoms with van der Waals surface area (Å²) < 4.78 is 34.0. The molecule has 1 atom stereocenters. The molecule has 0 aliphatic rings. The van der Waals surface area contributed by atoms with Crippen LogP contribution in [0, 0.1) is 6.92 Å². The van der Waals surface area contributed by atoms with Crippen LogP contribution in [0.2, 0.25) is 5.02 Å². The van der Waals surface area contributed by atoms with Gasteiger partial charge in [0.1, 0.15) is 18.3 Å². The van der Waals surface area contributed by atoms with Crippen LogP contribution < -0.4 is 14.4 Å². The first-order valence-corrected chi connectivity index (χ1v) is 14.9. The van der Waals surface area contributed by atoms with Gasteiger partial charge in [-0.05, 0) is 73.9 Å². The monoisotopic (exact) mass is 585 g/mol. The molecule has 0 heterocycles. The van der Waals surface area contributed by atoms with Crippen molar-refractivity contribution >= 4 is 39.1 Å². The topological polar surface area (TPSA) is 96.0 Å². The molecule has 0 spiro atoms. The first kappa shape index (κ1) is 31.0. The van der Waals surface area contributed by atoms with Gasteiger partial charge in [0, 0.05) is 18.1 Å². The zero-order valence-corrected chi connectivity index (χ0v) is 24.8. The van der Waals surface area contributed by atoms with E-state index in [-0.39, 0.29) is 23.0 Å². The van der Waals surface area contributed by atoms with E-state index in [4.69, 9.17) is 16.3 Å². The molecule has 1 unspecified atom stereocenters. The van der Waals surface area contributed by atoms with Crippen LogP contribution in [0.5, 0.6) is 5.75 Å². The normalized spacial score (nSPS) is 11.9. The van der Waals surface area contributed by atoms with Crippen LogP contribution >= 0.6 is 11.6 Å². The average Bonchev–Trinajstić information content (AvgIpc) is 2.95. The Morgan fingerprint density at radius 1 is 1.02 bits per heavy atom. The van der Waals surface area contributed by atoms with E-state index in [9.17, 15) is 18.0 Å². The molecule has 3 rings (SSSR count). The maximum Gasteiger partial charge on any atom is 0.264 e. The highest BCUT2D eigenvalue weighted by atomic mass is 35.5. The van der Waals surface area contributed by atoms with Gasteiger partial charge in [-0.1, -0.05) is 55.3 Å². The Kier molecular flexibility index (Phi) is 11.0. The third-order valence-electron chi connectivity index (χ3n) is 6.62. The van der Waals surface area contributed by atoms with Crippen LogP contribution in [0.4, 0.5) is 5.69 Å². The fraction of sp³-hybridized carbons (Fsp3) is 0.333. The number of carbonyl (C=O) groups is 2. The van der Waals surface area contributed by atoms with Gasteiger partial charge < -0.3 is 15.0 Å². The lowest BCUT2D eigenvalue weighted by atomic mass is 10.1. The quantitative estimate of drug-likeness (QED) is 0.279. The molecule has 3 aromatic carbocycles. The van der Waals surface area contributed by atoms with Crippen molar-refractivity contribution in [3.8, 4) is 5.75 Å². The molecule has 0 bridgehead atoms. The summed E-state index contributed by atoms with van der Waals surface area (Å²) in [4.78, 5) is 28.4. The van der Waals surface area contributed by atoms with Crippen LogP contribution in [-0.4, -0.2) is 51.4 Å². The Morgan fingerprint density at radius 3 is 2.35 bits per heavy atom. The van der Waals surface area contributed by atoms with E-state index in [1.165, 1.54) is 42.3 Å².